The van der Waals surface area contributed by atoms with E-state index in [0.717, 1.165) is 24.5 Å². The van der Waals surface area contributed by atoms with Crippen LogP contribution in [-0.2, 0) is 16.1 Å². The first-order valence-electron chi connectivity index (χ1n) is 9.03. The van der Waals surface area contributed by atoms with Crippen LogP contribution in [-0.4, -0.2) is 48.9 Å². The Morgan fingerprint density at radius 1 is 1.19 bits per heavy atom. The lowest BCUT2D eigenvalue weighted by molar-refractivity contribution is -0.119. The van der Waals surface area contributed by atoms with Gasteiger partial charge >= 0.3 is 0 Å². The van der Waals surface area contributed by atoms with Crippen molar-refractivity contribution in [3.8, 4) is 0 Å². The van der Waals surface area contributed by atoms with Crippen molar-refractivity contribution in [3.63, 3.8) is 0 Å². The maximum absolute atomic E-state index is 12.1. The van der Waals surface area contributed by atoms with Crippen molar-refractivity contribution in [2.45, 2.75) is 24.5 Å². The standard InChI is InChI=1S/C21H26N2O2S/c1-17-7-9-20(10-8-17)26-16-21(24)22-13-19-15-23(11-12-25-19)14-18-5-3-2-4-6-18/h2-10,19H,11-16H2,1H3,(H,22,24). The number of amides is 1. The second kappa shape index (κ2) is 9.76. The van der Waals surface area contributed by atoms with Crippen molar-refractivity contribution in [2.24, 2.45) is 0 Å². The highest BCUT2D eigenvalue weighted by Crippen LogP contribution is 2.17. The van der Waals surface area contributed by atoms with Crippen LogP contribution in [0, 0.1) is 6.92 Å². The molecule has 0 aromatic heterocycles. The highest BCUT2D eigenvalue weighted by molar-refractivity contribution is 8.00. The van der Waals surface area contributed by atoms with Crippen LogP contribution < -0.4 is 5.32 Å². The summed E-state index contributed by atoms with van der Waals surface area (Å²) in [5, 5.41) is 3.01. The van der Waals surface area contributed by atoms with Crippen LogP contribution in [0.2, 0.25) is 0 Å². The van der Waals surface area contributed by atoms with E-state index in [1.165, 1.54) is 11.1 Å². The van der Waals surface area contributed by atoms with Crippen molar-refractivity contribution < 1.29 is 9.53 Å². The van der Waals surface area contributed by atoms with Gasteiger partial charge < -0.3 is 10.1 Å². The van der Waals surface area contributed by atoms with Crippen LogP contribution in [0.25, 0.3) is 0 Å². The van der Waals surface area contributed by atoms with Crippen LogP contribution in [0.3, 0.4) is 0 Å². The number of morpholine rings is 1. The van der Waals surface area contributed by atoms with E-state index in [-0.39, 0.29) is 12.0 Å². The minimum atomic E-state index is 0.0550. The van der Waals surface area contributed by atoms with E-state index in [9.17, 15) is 4.79 Å². The van der Waals surface area contributed by atoms with Crippen molar-refractivity contribution >= 4 is 17.7 Å². The van der Waals surface area contributed by atoms with Crippen LogP contribution in [0.1, 0.15) is 11.1 Å². The van der Waals surface area contributed by atoms with Crippen molar-refractivity contribution in [1.29, 1.82) is 0 Å². The number of nitrogens with one attached hydrogen (secondary N) is 1. The second-order valence-corrected chi connectivity index (χ2v) is 7.67. The van der Waals surface area contributed by atoms with Gasteiger partial charge in [-0.15, -0.1) is 11.8 Å². The lowest BCUT2D eigenvalue weighted by atomic mass is 10.2. The van der Waals surface area contributed by atoms with E-state index in [4.69, 9.17) is 4.74 Å². The highest BCUT2D eigenvalue weighted by atomic mass is 32.2. The van der Waals surface area contributed by atoms with Gasteiger partial charge in [-0.1, -0.05) is 48.0 Å². The molecule has 1 atom stereocenters. The first-order chi connectivity index (χ1) is 12.7. The van der Waals surface area contributed by atoms with Gasteiger partial charge in [-0.25, -0.2) is 0 Å². The number of thioether (sulfide) groups is 1. The van der Waals surface area contributed by atoms with Gasteiger partial charge in [0.25, 0.3) is 0 Å². The molecule has 1 aliphatic heterocycles. The van der Waals surface area contributed by atoms with Crippen LogP contribution in [0.5, 0.6) is 0 Å². The topological polar surface area (TPSA) is 41.6 Å². The maximum atomic E-state index is 12.1. The summed E-state index contributed by atoms with van der Waals surface area (Å²) in [5.74, 6) is 0.489. The molecule has 1 aliphatic rings. The summed E-state index contributed by atoms with van der Waals surface area (Å²) in [6, 6.07) is 18.7. The lowest BCUT2D eigenvalue weighted by Gasteiger charge is -2.33. The molecule has 1 fully saturated rings. The molecule has 1 saturated heterocycles. The number of carbonyl (C=O) groups excluding carboxylic acids is 1. The third kappa shape index (κ3) is 6.16. The fourth-order valence-electron chi connectivity index (χ4n) is 2.95. The van der Waals surface area contributed by atoms with Gasteiger partial charge in [0.05, 0.1) is 18.5 Å². The summed E-state index contributed by atoms with van der Waals surface area (Å²) in [7, 11) is 0. The summed E-state index contributed by atoms with van der Waals surface area (Å²) in [6.45, 7) is 6.05. The molecule has 0 aliphatic carbocycles. The molecule has 0 radical (unpaired) electrons. The van der Waals surface area contributed by atoms with E-state index >= 15 is 0 Å². The Balaban J connectivity index is 1.38. The number of hydrogen-bond donors (Lipinski definition) is 1. The molecule has 5 heteroatoms. The Kier molecular flexibility index (Phi) is 7.12. The number of hydrogen-bond acceptors (Lipinski definition) is 4. The minimum absolute atomic E-state index is 0.0550. The molecule has 1 heterocycles. The molecule has 1 unspecified atom stereocenters. The Morgan fingerprint density at radius 2 is 1.96 bits per heavy atom. The van der Waals surface area contributed by atoms with Crippen LogP contribution in [0.4, 0.5) is 0 Å². The largest absolute Gasteiger partial charge is 0.374 e. The zero-order valence-electron chi connectivity index (χ0n) is 15.2. The minimum Gasteiger partial charge on any atom is -0.374 e. The van der Waals surface area contributed by atoms with Crippen molar-refractivity contribution in [1.82, 2.24) is 10.2 Å². The van der Waals surface area contributed by atoms with Gasteiger partial charge in [0.2, 0.25) is 5.91 Å². The first kappa shape index (κ1) is 19.0. The zero-order chi connectivity index (χ0) is 18.2. The van der Waals surface area contributed by atoms with Gasteiger partial charge in [-0.2, -0.15) is 0 Å². The summed E-state index contributed by atoms with van der Waals surface area (Å²) in [5.41, 5.74) is 2.54. The average molecular weight is 371 g/mol. The molecule has 1 N–H and O–H groups in total. The summed E-state index contributed by atoms with van der Waals surface area (Å²) < 4.78 is 5.81. The van der Waals surface area contributed by atoms with E-state index in [2.05, 4.69) is 65.7 Å². The molecule has 0 saturated carbocycles. The monoisotopic (exact) mass is 370 g/mol. The predicted molar refractivity (Wildman–Crippen MR) is 106 cm³/mol. The fourth-order valence-corrected chi connectivity index (χ4v) is 3.68. The molecule has 26 heavy (non-hydrogen) atoms. The van der Waals surface area contributed by atoms with Crippen molar-refractivity contribution in [3.05, 3.63) is 65.7 Å². The van der Waals surface area contributed by atoms with E-state index in [1.54, 1.807) is 11.8 Å². The number of aryl methyl sites for hydroxylation is 1. The third-order valence-corrected chi connectivity index (χ3v) is 5.40. The average Bonchev–Trinajstić information content (AvgIpc) is 2.67. The molecular formula is C21H26N2O2S. The SMILES string of the molecule is Cc1ccc(SCC(=O)NCC2CN(Cc3ccccc3)CCO2)cc1. The molecule has 0 bridgehead atoms. The number of ether oxygens (including phenoxy) is 1. The molecule has 4 nitrogen and oxygen atoms in total. The Hall–Kier alpha value is -1.82. The molecule has 3 rings (SSSR count). The number of benzene rings is 2. The molecular weight excluding hydrogens is 344 g/mol. The lowest BCUT2D eigenvalue weighted by Crippen LogP contribution is -2.47. The third-order valence-electron chi connectivity index (χ3n) is 4.39. The highest BCUT2D eigenvalue weighted by Gasteiger charge is 2.21. The van der Waals surface area contributed by atoms with Gasteiger partial charge in [-0.3, -0.25) is 9.69 Å². The quantitative estimate of drug-likeness (QED) is 0.761. The zero-order valence-corrected chi connectivity index (χ0v) is 16.0. The number of rotatable bonds is 7. The first-order valence-corrected chi connectivity index (χ1v) is 10.0. The summed E-state index contributed by atoms with van der Waals surface area (Å²) >= 11 is 1.56. The van der Waals surface area contributed by atoms with Crippen LogP contribution in [0.15, 0.2) is 59.5 Å². The summed E-state index contributed by atoms with van der Waals surface area (Å²) in [4.78, 5) is 15.6. The van der Waals surface area contributed by atoms with E-state index in [1.807, 2.05) is 6.07 Å². The van der Waals surface area contributed by atoms with Gasteiger partial charge in [-0.05, 0) is 24.6 Å². The second-order valence-electron chi connectivity index (χ2n) is 6.62. The van der Waals surface area contributed by atoms with E-state index in [0.29, 0.717) is 18.9 Å². The van der Waals surface area contributed by atoms with Crippen LogP contribution >= 0.6 is 11.8 Å². The predicted octanol–water partition coefficient (Wildman–Crippen LogP) is 3.10. The summed E-state index contributed by atoms with van der Waals surface area (Å²) in [6.07, 6.45) is 0.0563. The smallest absolute Gasteiger partial charge is 0.230 e. The molecule has 2 aromatic carbocycles. The molecule has 1 amide bonds. The van der Waals surface area contributed by atoms with Crippen molar-refractivity contribution in [2.75, 3.05) is 32.0 Å². The van der Waals surface area contributed by atoms with Gasteiger partial charge in [0.15, 0.2) is 0 Å². The molecule has 2 aromatic rings. The Bertz CT molecular complexity index is 691. The maximum Gasteiger partial charge on any atom is 0.230 e. The number of carbonyl (C=O) groups is 1. The fraction of sp³-hybridized carbons (Fsp3) is 0.381. The molecule has 138 valence electrons. The normalized spacial score (nSPS) is 17.8. The van der Waals surface area contributed by atoms with E-state index < -0.39 is 0 Å². The number of nitrogens with zero attached hydrogens (tertiary/aromatic N) is 1. The van der Waals surface area contributed by atoms with Gasteiger partial charge in [0, 0.05) is 31.1 Å². The Labute approximate surface area is 159 Å². The van der Waals surface area contributed by atoms with Gasteiger partial charge in [0.1, 0.15) is 0 Å². The molecule has 0 spiro atoms. The Morgan fingerprint density at radius 3 is 2.73 bits per heavy atom.